The lowest BCUT2D eigenvalue weighted by Crippen LogP contribution is -2.44. The Morgan fingerprint density at radius 1 is 1.09 bits per heavy atom. The molecule has 0 saturated carbocycles. The third-order valence-corrected chi connectivity index (χ3v) is 3.82. The molecule has 0 radical (unpaired) electrons. The SMILES string of the molecule is CCCCNC(CCOc1ccc(C(=O)Cl)cc1)NCCCC. The summed E-state index contributed by atoms with van der Waals surface area (Å²) in [6.07, 6.45) is 5.91. The molecule has 0 aliphatic heterocycles. The Balaban J connectivity index is 2.35. The van der Waals surface area contributed by atoms with Crippen molar-refractivity contribution in [2.45, 2.75) is 52.1 Å². The lowest BCUT2D eigenvalue weighted by molar-refractivity contribution is 0.108. The molecule has 0 aliphatic carbocycles. The summed E-state index contributed by atoms with van der Waals surface area (Å²) in [5.41, 5.74) is 0.486. The van der Waals surface area contributed by atoms with E-state index in [1.54, 1.807) is 24.3 Å². The summed E-state index contributed by atoms with van der Waals surface area (Å²) in [4.78, 5) is 11.0. The number of halogens is 1. The number of carbonyl (C=O) groups is 1. The number of nitrogens with one attached hydrogen (secondary N) is 2. The van der Waals surface area contributed by atoms with Crippen molar-refractivity contribution in [2.75, 3.05) is 19.7 Å². The molecule has 1 rings (SSSR count). The Labute approximate surface area is 144 Å². The largest absolute Gasteiger partial charge is 0.493 e. The third-order valence-electron chi connectivity index (χ3n) is 3.60. The van der Waals surface area contributed by atoms with Gasteiger partial charge in [0.1, 0.15) is 5.75 Å². The van der Waals surface area contributed by atoms with Crippen LogP contribution in [0.5, 0.6) is 5.75 Å². The van der Waals surface area contributed by atoms with Gasteiger partial charge in [-0.25, -0.2) is 0 Å². The number of benzene rings is 1. The number of unbranched alkanes of at least 4 members (excludes halogenated alkanes) is 2. The normalized spacial score (nSPS) is 11.0. The molecule has 5 heteroatoms. The van der Waals surface area contributed by atoms with Crippen LogP contribution in [-0.2, 0) is 0 Å². The second-order valence-corrected chi connectivity index (χ2v) is 5.95. The first-order valence-electron chi connectivity index (χ1n) is 8.56. The summed E-state index contributed by atoms with van der Waals surface area (Å²) in [5.74, 6) is 0.757. The van der Waals surface area contributed by atoms with E-state index in [0.29, 0.717) is 12.2 Å². The van der Waals surface area contributed by atoms with E-state index in [1.165, 1.54) is 25.7 Å². The lowest BCUT2D eigenvalue weighted by atomic mass is 10.2. The van der Waals surface area contributed by atoms with Crippen molar-refractivity contribution >= 4 is 16.8 Å². The molecule has 0 fully saturated rings. The smallest absolute Gasteiger partial charge is 0.252 e. The maximum Gasteiger partial charge on any atom is 0.252 e. The van der Waals surface area contributed by atoms with E-state index in [1.807, 2.05) is 0 Å². The highest BCUT2D eigenvalue weighted by molar-refractivity contribution is 6.67. The molecule has 0 atom stereocenters. The summed E-state index contributed by atoms with van der Waals surface area (Å²) < 4.78 is 5.75. The van der Waals surface area contributed by atoms with Gasteiger partial charge in [-0.15, -0.1) is 0 Å². The Bertz CT molecular complexity index is 427. The molecule has 23 heavy (non-hydrogen) atoms. The topological polar surface area (TPSA) is 50.4 Å². The van der Waals surface area contributed by atoms with Gasteiger partial charge in [0.2, 0.25) is 0 Å². The van der Waals surface area contributed by atoms with Crippen molar-refractivity contribution in [3.8, 4) is 5.75 Å². The molecule has 1 aromatic rings. The number of carbonyl (C=O) groups excluding carboxylic acids is 1. The van der Waals surface area contributed by atoms with Crippen LogP contribution in [-0.4, -0.2) is 31.1 Å². The fourth-order valence-corrected chi connectivity index (χ4v) is 2.29. The van der Waals surface area contributed by atoms with Crippen LogP contribution in [0.3, 0.4) is 0 Å². The van der Waals surface area contributed by atoms with Crippen molar-refractivity contribution in [1.82, 2.24) is 10.6 Å². The van der Waals surface area contributed by atoms with Gasteiger partial charge in [0.05, 0.1) is 12.8 Å². The average molecular weight is 341 g/mol. The second-order valence-electron chi connectivity index (χ2n) is 5.60. The number of rotatable bonds is 13. The van der Waals surface area contributed by atoms with E-state index < -0.39 is 5.24 Å². The van der Waals surface area contributed by atoms with Gasteiger partial charge in [0, 0.05) is 12.0 Å². The maximum atomic E-state index is 11.0. The predicted octanol–water partition coefficient (Wildman–Crippen LogP) is 3.94. The van der Waals surface area contributed by atoms with Crippen LogP contribution in [0.25, 0.3) is 0 Å². The Morgan fingerprint density at radius 2 is 1.65 bits per heavy atom. The Morgan fingerprint density at radius 3 is 2.13 bits per heavy atom. The zero-order valence-corrected chi connectivity index (χ0v) is 15.0. The summed E-state index contributed by atoms with van der Waals surface area (Å²) >= 11 is 5.43. The number of ether oxygens (including phenoxy) is 1. The molecule has 2 N–H and O–H groups in total. The average Bonchev–Trinajstić information content (AvgIpc) is 2.55. The Kier molecular flexibility index (Phi) is 10.7. The summed E-state index contributed by atoms with van der Waals surface area (Å²) in [5, 5.41) is 6.63. The third kappa shape index (κ3) is 8.94. The summed E-state index contributed by atoms with van der Waals surface area (Å²) in [6.45, 7) is 7.05. The molecule has 0 aliphatic rings. The molecule has 130 valence electrons. The fraction of sp³-hybridized carbons (Fsp3) is 0.611. The number of hydrogen-bond donors (Lipinski definition) is 2. The molecule has 0 bridgehead atoms. The van der Waals surface area contributed by atoms with E-state index in [4.69, 9.17) is 16.3 Å². The van der Waals surface area contributed by atoms with E-state index in [9.17, 15) is 4.79 Å². The molecule has 1 aromatic carbocycles. The van der Waals surface area contributed by atoms with Crippen molar-refractivity contribution in [3.05, 3.63) is 29.8 Å². The van der Waals surface area contributed by atoms with E-state index in [-0.39, 0.29) is 6.17 Å². The van der Waals surface area contributed by atoms with Crippen molar-refractivity contribution in [3.63, 3.8) is 0 Å². The highest BCUT2D eigenvalue weighted by Crippen LogP contribution is 2.14. The molecule has 4 nitrogen and oxygen atoms in total. The molecular formula is C18H29ClN2O2. The first-order valence-corrected chi connectivity index (χ1v) is 8.94. The quantitative estimate of drug-likeness (QED) is 0.324. The molecule has 0 unspecified atom stereocenters. The van der Waals surface area contributed by atoms with Crippen molar-refractivity contribution < 1.29 is 9.53 Å². The van der Waals surface area contributed by atoms with Crippen LogP contribution in [0.4, 0.5) is 0 Å². The van der Waals surface area contributed by atoms with Gasteiger partial charge >= 0.3 is 0 Å². The van der Waals surface area contributed by atoms with Gasteiger partial charge in [0.25, 0.3) is 5.24 Å². The molecule has 0 aromatic heterocycles. The molecular weight excluding hydrogens is 312 g/mol. The highest BCUT2D eigenvalue weighted by atomic mass is 35.5. The fourth-order valence-electron chi connectivity index (χ4n) is 2.16. The minimum absolute atomic E-state index is 0.275. The molecule has 0 heterocycles. The van der Waals surface area contributed by atoms with Crippen LogP contribution in [0, 0.1) is 0 Å². The zero-order chi connectivity index (χ0) is 16.9. The minimum Gasteiger partial charge on any atom is -0.493 e. The lowest BCUT2D eigenvalue weighted by Gasteiger charge is -2.20. The van der Waals surface area contributed by atoms with E-state index >= 15 is 0 Å². The van der Waals surface area contributed by atoms with Crippen molar-refractivity contribution in [2.24, 2.45) is 0 Å². The standard InChI is InChI=1S/C18H29ClN2O2/c1-3-5-12-20-17(21-13-6-4-2)11-14-23-16-9-7-15(8-10-16)18(19)22/h7-10,17,20-21H,3-6,11-14H2,1-2H3. The second kappa shape index (κ2) is 12.3. The van der Waals surface area contributed by atoms with E-state index in [2.05, 4.69) is 24.5 Å². The monoisotopic (exact) mass is 340 g/mol. The van der Waals surface area contributed by atoms with Crippen molar-refractivity contribution in [1.29, 1.82) is 0 Å². The first kappa shape index (κ1) is 19.9. The highest BCUT2D eigenvalue weighted by Gasteiger charge is 2.07. The zero-order valence-electron chi connectivity index (χ0n) is 14.2. The van der Waals surface area contributed by atoms with Crippen LogP contribution < -0.4 is 15.4 Å². The minimum atomic E-state index is -0.447. The summed E-state index contributed by atoms with van der Waals surface area (Å²) in [6, 6.07) is 6.92. The van der Waals surface area contributed by atoms with Gasteiger partial charge in [-0.1, -0.05) is 26.7 Å². The van der Waals surface area contributed by atoms with E-state index in [0.717, 1.165) is 25.3 Å². The van der Waals surface area contributed by atoms with Gasteiger partial charge in [-0.05, 0) is 61.8 Å². The van der Waals surface area contributed by atoms with Gasteiger partial charge in [-0.3, -0.25) is 4.79 Å². The summed E-state index contributed by atoms with van der Waals surface area (Å²) in [7, 11) is 0. The van der Waals surface area contributed by atoms with Crippen LogP contribution in [0.2, 0.25) is 0 Å². The first-order chi connectivity index (χ1) is 11.2. The molecule has 0 spiro atoms. The predicted molar refractivity (Wildman–Crippen MR) is 96.3 cm³/mol. The number of hydrogen-bond acceptors (Lipinski definition) is 4. The van der Waals surface area contributed by atoms with Crippen LogP contribution >= 0.6 is 11.6 Å². The Hall–Kier alpha value is -1.10. The van der Waals surface area contributed by atoms with Gasteiger partial charge < -0.3 is 15.4 Å². The molecule has 0 saturated heterocycles. The van der Waals surface area contributed by atoms with Crippen LogP contribution in [0.15, 0.2) is 24.3 Å². The van der Waals surface area contributed by atoms with Crippen LogP contribution in [0.1, 0.15) is 56.3 Å². The van der Waals surface area contributed by atoms with Gasteiger partial charge in [0.15, 0.2) is 0 Å². The van der Waals surface area contributed by atoms with Gasteiger partial charge in [-0.2, -0.15) is 0 Å². The molecule has 0 amide bonds. The maximum absolute atomic E-state index is 11.0.